The standard InChI is InChI=1S/C10H12.C3H8/c1-10(2,3)9-7-5-4-6-8-9;1-3-2/h5,7-8H,1-3H3;3H2,1-2H3. The van der Waals surface area contributed by atoms with E-state index in [-0.39, 0.29) is 5.41 Å². The lowest BCUT2D eigenvalue weighted by Gasteiger charge is -2.19. The summed E-state index contributed by atoms with van der Waals surface area (Å²) in [7, 11) is 0. The van der Waals surface area contributed by atoms with Crippen LogP contribution in [0.1, 0.15) is 41.0 Å². The minimum atomic E-state index is 0.242. The second kappa shape index (κ2) is 5.65. The molecule has 13 heavy (non-hydrogen) atoms. The molecular formula is C13H20. The molecule has 1 rings (SSSR count). The van der Waals surface area contributed by atoms with Crippen LogP contribution < -0.4 is 0 Å². The van der Waals surface area contributed by atoms with E-state index in [1.54, 1.807) is 0 Å². The summed E-state index contributed by atoms with van der Waals surface area (Å²) in [5.41, 5.74) is 7.38. The maximum atomic E-state index is 2.94. The molecule has 72 valence electrons. The second-order valence-corrected chi connectivity index (χ2v) is 4.18. The molecule has 0 aromatic heterocycles. The molecule has 0 fully saturated rings. The SMILES string of the molecule is CC(C)(C)C1=CC=C=C=C1.CCC. The monoisotopic (exact) mass is 176 g/mol. The average Bonchev–Trinajstić information content (AvgIpc) is 2.06. The van der Waals surface area contributed by atoms with E-state index in [1.165, 1.54) is 12.0 Å². The largest absolute Gasteiger partial charge is 0.0702 e. The predicted octanol–water partition coefficient (Wildman–Crippen LogP) is 4.26. The highest BCUT2D eigenvalue weighted by Crippen LogP contribution is 2.26. The van der Waals surface area contributed by atoms with E-state index in [1.807, 2.05) is 12.2 Å². The maximum absolute atomic E-state index is 2.94. The Hall–Kier alpha value is -0.960. The molecule has 0 spiro atoms. The van der Waals surface area contributed by atoms with Crippen molar-refractivity contribution in [2.45, 2.75) is 41.0 Å². The molecule has 0 radical (unpaired) electrons. The summed E-state index contributed by atoms with van der Waals surface area (Å²) in [6.45, 7) is 10.8. The van der Waals surface area contributed by atoms with Gasteiger partial charge in [-0.3, -0.25) is 0 Å². The molecule has 1 aliphatic carbocycles. The van der Waals surface area contributed by atoms with E-state index in [0.717, 1.165) is 0 Å². The first-order chi connectivity index (χ1) is 6.02. The summed E-state index contributed by atoms with van der Waals surface area (Å²) in [5.74, 6) is 0. The van der Waals surface area contributed by atoms with Crippen LogP contribution in [-0.2, 0) is 0 Å². The zero-order valence-corrected chi connectivity index (χ0v) is 9.44. The van der Waals surface area contributed by atoms with Crippen molar-refractivity contribution < 1.29 is 0 Å². The van der Waals surface area contributed by atoms with Gasteiger partial charge in [0.05, 0.1) is 0 Å². The van der Waals surface area contributed by atoms with Crippen LogP contribution in [0.2, 0.25) is 0 Å². The zero-order chi connectivity index (χ0) is 10.3. The van der Waals surface area contributed by atoms with Crippen molar-refractivity contribution in [1.82, 2.24) is 0 Å². The Morgan fingerprint density at radius 3 is 1.92 bits per heavy atom. The van der Waals surface area contributed by atoms with Gasteiger partial charge in [0, 0.05) is 0 Å². The fourth-order valence-corrected chi connectivity index (χ4v) is 0.814. The molecule has 0 amide bonds. The van der Waals surface area contributed by atoms with Crippen molar-refractivity contribution in [3.8, 4) is 0 Å². The third kappa shape index (κ3) is 5.31. The minimum absolute atomic E-state index is 0.242. The van der Waals surface area contributed by atoms with Crippen molar-refractivity contribution in [2.24, 2.45) is 5.41 Å². The smallest absolute Gasteiger partial charge is 0.00777 e. The quantitative estimate of drug-likeness (QED) is 0.484. The fourth-order valence-electron chi connectivity index (χ4n) is 0.814. The van der Waals surface area contributed by atoms with Gasteiger partial charge in [-0.1, -0.05) is 52.5 Å². The molecule has 0 aliphatic heterocycles. The van der Waals surface area contributed by atoms with Gasteiger partial charge in [0.1, 0.15) is 0 Å². The van der Waals surface area contributed by atoms with Gasteiger partial charge < -0.3 is 0 Å². The van der Waals surface area contributed by atoms with Crippen LogP contribution >= 0.6 is 0 Å². The lowest BCUT2D eigenvalue weighted by molar-refractivity contribution is 0.517. The van der Waals surface area contributed by atoms with Crippen LogP contribution in [0.15, 0.2) is 35.3 Å². The van der Waals surface area contributed by atoms with Crippen molar-refractivity contribution >= 4 is 0 Å². The first-order valence-corrected chi connectivity index (χ1v) is 4.90. The van der Waals surface area contributed by atoms with Gasteiger partial charge in [-0.05, 0) is 29.2 Å². The molecule has 0 N–H and O–H groups in total. The van der Waals surface area contributed by atoms with Crippen molar-refractivity contribution in [3.05, 3.63) is 35.3 Å². The Bertz CT molecular complexity index is 259. The van der Waals surface area contributed by atoms with E-state index in [0.29, 0.717) is 0 Å². The molecule has 0 unspecified atom stereocenters. The van der Waals surface area contributed by atoms with Crippen molar-refractivity contribution in [1.29, 1.82) is 0 Å². The van der Waals surface area contributed by atoms with Gasteiger partial charge in [0.15, 0.2) is 0 Å². The van der Waals surface area contributed by atoms with E-state index in [4.69, 9.17) is 0 Å². The summed E-state index contributed by atoms with van der Waals surface area (Å²) in [6.07, 6.45) is 7.22. The molecule has 1 aliphatic rings. The molecule has 0 heterocycles. The van der Waals surface area contributed by atoms with E-state index >= 15 is 0 Å². The third-order valence-electron chi connectivity index (χ3n) is 1.52. The highest BCUT2D eigenvalue weighted by Gasteiger charge is 2.13. The number of allylic oxidation sites excluding steroid dienone is 4. The Balaban J connectivity index is 0.000000424. The van der Waals surface area contributed by atoms with Gasteiger partial charge in [-0.2, -0.15) is 0 Å². The Morgan fingerprint density at radius 1 is 1.15 bits per heavy atom. The molecule has 0 aromatic rings. The van der Waals surface area contributed by atoms with Crippen LogP contribution in [0.4, 0.5) is 0 Å². The summed E-state index contributed by atoms with van der Waals surface area (Å²) < 4.78 is 0. The maximum Gasteiger partial charge on any atom is -0.00777 e. The highest BCUT2D eigenvalue weighted by atomic mass is 14.2. The summed E-state index contributed by atoms with van der Waals surface area (Å²) in [4.78, 5) is 0. The Labute approximate surface area is 82.4 Å². The number of rotatable bonds is 0. The van der Waals surface area contributed by atoms with Crippen LogP contribution in [0.25, 0.3) is 0 Å². The average molecular weight is 176 g/mol. The number of hydrogen-bond donors (Lipinski definition) is 0. The minimum Gasteiger partial charge on any atom is -0.0702 e. The van der Waals surface area contributed by atoms with Crippen LogP contribution in [0, 0.1) is 5.41 Å². The molecule has 0 heteroatoms. The van der Waals surface area contributed by atoms with E-state index in [9.17, 15) is 0 Å². The molecule has 0 atom stereocenters. The van der Waals surface area contributed by atoms with Crippen LogP contribution in [-0.4, -0.2) is 0 Å². The van der Waals surface area contributed by atoms with E-state index in [2.05, 4.69) is 52.2 Å². The third-order valence-corrected chi connectivity index (χ3v) is 1.52. The van der Waals surface area contributed by atoms with Gasteiger partial charge in [0.25, 0.3) is 0 Å². The molecule has 0 aromatic carbocycles. The fraction of sp³-hybridized carbons (Fsp3) is 0.538. The molecule has 0 bridgehead atoms. The molecular weight excluding hydrogens is 156 g/mol. The van der Waals surface area contributed by atoms with Gasteiger partial charge in [0.2, 0.25) is 0 Å². The second-order valence-electron chi connectivity index (χ2n) is 4.18. The Kier molecular flexibility index (Phi) is 5.23. The zero-order valence-electron chi connectivity index (χ0n) is 9.44. The lowest BCUT2D eigenvalue weighted by atomic mass is 9.85. The molecule has 0 saturated heterocycles. The predicted molar refractivity (Wildman–Crippen MR) is 59.7 cm³/mol. The first-order valence-electron chi connectivity index (χ1n) is 4.90. The topological polar surface area (TPSA) is 0 Å². The summed E-state index contributed by atoms with van der Waals surface area (Å²) in [6, 6.07) is 0. The molecule has 0 saturated carbocycles. The normalized spacial score (nSPS) is 13.5. The van der Waals surface area contributed by atoms with Crippen LogP contribution in [0.5, 0.6) is 0 Å². The van der Waals surface area contributed by atoms with E-state index < -0.39 is 0 Å². The first kappa shape index (κ1) is 12.0. The Morgan fingerprint density at radius 2 is 1.69 bits per heavy atom. The summed E-state index contributed by atoms with van der Waals surface area (Å²) >= 11 is 0. The lowest BCUT2D eigenvalue weighted by Crippen LogP contribution is -2.07. The number of hydrogen-bond acceptors (Lipinski definition) is 0. The highest BCUT2D eigenvalue weighted by molar-refractivity contribution is 5.31. The van der Waals surface area contributed by atoms with Gasteiger partial charge in [-0.25, -0.2) is 0 Å². The summed E-state index contributed by atoms with van der Waals surface area (Å²) in [5, 5.41) is 0. The van der Waals surface area contributed by atoms with Crippen molar-refractivity contribution in [2.75, 3.05) is 0 Å². The van der Waals surface area contributed by atoms with Crippen LogP contribution in [0.3, 0.4) is 0 Å². The van der Waals surface area contributed by atoms with Gasteiger partial charge in [-0.15, -0.1) is 0 Å². The van der Waals surface area contributed by atoms with Gasteiger partial charge >= 0.3 is 0 Å². The van der Waals surface area contributed by atoms with Crippen molar-refractivity contribution in [3.63, 3.8) is 0 Å². The molecule has 0 nitrogen and oxygen atoms in total.